The first-order valence-electron chi connectivity index (χ1n) is 9.11. The minimum atomic E-state index is 0.228. The number of nitrogens with zero attached hydrogens (tertiary/aromatic N) is 3. The van der Waals surface area contributed by atoms with Gasteiger partial charge in [0, 0.05) is 29.8 Å². The molecule has 1 saturated carbocycles. The van der Waals surface area contributed by atoms with Gasteiger partial charge >= 0.3 is 0 Å². The number of hydrogen-bond donors (Lipinski definition) is 0. The quantitative estimate of drug-likeness (QED) is 0.753. The van der Waals surface area contributed by atoms with Gasteiger partial charge in [0.2, 0.25) is 0 Å². The number of benzene rings is 1. The average molecular weight is 319 g/mol. The molecule has 0 N–H and O–H groups in total. The molecule has 0 saturated heterocycles. The van der Waals surface area contributed by atoms with Crippen molar-refractivity contribution in [1.29, 1.82) is 5.26 Å². The van der Waals surface area contributed by atoms with Gasteiger partial charge < -0.3 is 0 Å². The first kappa shape index (κ1) is 16.6. The summed E-state index contributed by atoms with van der Waals surface area (Å²) in [6.07, 6.45) is 11.5. The molecule has 124 valence electrons. The van der Waals surface area contributed by atoms with Crippen LogP contribution in [0.1, 0.15) is 62.8 Å². The van der Waals surface area contributed by atoms with E-state index in [-0.39, 0.29) is 5.92 Å². The lowest BCUT2D eigenvalue weighted by Gasteiger charge is -2.23. The monoisotopic (exact) mass is 319 g/mol. The van der Waals surface area contributed by atoms with Crippen molar-refractivity contribution in [3.63, 3.8) is 0 Å². The van der Waals surface area contributed by atoms with Gasteiger partial charge in [-0.15, -0.1) is 0 Å². The lowest BCUT2D eigenvalue weighted by atomic mass is 9.82. The zero-order valence-corrected chi connectivity index (χ0v) is 14.4. The van der Waals surface area contributed by atoms with E-state index in [1.165, 1.54) is 24.0 Å². The Labute approximate surface area is 144 Å². The van der Waals surface area contributed by atoms with Crippen LogP contribution in [0.25, 0.3) is 11.1 Å². The zero-order chi connectivity index (χ0) is 16.8. The molecule has 1 fully saturated rings. The third kappa shape index (κ3) is 4.00. The van der Waals surface area contributed by atoms with Crippen molar-refractivity contribution < 1.29 is 0 Å². The Morgan fingerprint density at radius 3 is 2.25 bits per heavy atom. The van der Waals surface area contributed by atoms with E-state index in [0.717, 1.165) is 43.5 Å². The van der Waals surface area contributed by atoms with Crippen LogP contribution in [-0.2, 0) is 6.42 Å². The molecular formula is C21H25N3. The Morgan fingerprint density at radius 1 is 1.00 bits per heavy atom. The van der Waals surface area contributed by atoms with Crippen molar-refractivity contribution in [2.45, 2.75) is 57.8 Å². The van der Waals surface area contributed by atoms with Crippen LogP contribution in [0.5, 0.6) is 0 Å². The van der Waals surface area contributed by atoms with Crippen LogP contribution in [0, 0.1) is 17.2 Å². The van der Waals surface area contributed by atoms with Gasteiger partial charge in [-0.2, -0.15) is 5.26 Å². The summed E-state index contributed by atoms with van der Waals surface area (Å²) in [5.74, 6) is 1.58. The molecule has 0 atom stereocenters. The Morgan fingerprint density at radius 2 is 1.67 bits per heavy atom. The van der Waals surface area contributed by atoms with E-state index in [0.29, 0.717) is 5.92 Å². The summed E-state index contributed by atoms with van der Waals surface area (Å²) >= 11 is 0. The van der Waals surface area contributed by atoms with Crippen LogP contribution in [0.15, 0.2) is 36.7 Å². The molecule has 0 unspecified atom stereocenters. The summed E-state index contributed by atoms with van der Waals surface area (Å²) < 4.78 is 0. The summed E-state index contributed by atoms with van der Waals surface area (Å²) in [4.78, 5) is 9.22. The lowest BCUT2D eigenvalue weighted by Crippen LogP contribution is -2.14. The SMILES string of the molecule is CCCCc1ccc(-c2cnc([C@H]3CC[C@H](C#N)CC3)nc2)cc1. The number of aromatic nitrogens is 2. The summed E-state index contributed by atoms with van der Waals surface area (Å²) in [7, 11) is 0. The van der Waals surface area contributed by atoms with E-state index < -0.39 is 0 Å². The number of nitriles is 1. The van der Waals surface area contributed by atoms with Crippen LogP contribution < -0.4 is 0 Å². The smallest absolute Gasteiger partial charge is 0.131 e. The molecular weight excluding hydrogens is 294 g/mol. The fourth-order valence-corrected chi connectivity index (χ4v) is 3.42. The third-order valence-electron chi connectivity index (χ3n) is 5.05. The van der Waals surface area contributed by atoms with Crippen molar-refractivity contribution >= 4 is 0 Å². The lowest BCUT2D eigenvalue weighted by molar-refractivity contribution is 0.372. The van der Waals surface area contributed by atoms with E-state index in [2.05, 4.69) is 47.2 Å². The highest BCUT2D eigenvalue weighted by Gasteiger charge is 2.23. The van der Waals surface area contributed by atoms with Gasteiger partial charge in [-0.3, -0.25) is 0 Å². The summed E-state index contributed by atoms with van der Waals surface area (Å²) in [6.45, 7) is 2.22. The van der Waals surface area contributed by atoms with Gasteiger partial charge in [0.1, 0.15) is 5.82 Å². The number of rotatable bonds is 5. The van der Waals surface area contributed by atoms with Gasteiger partial charge in [-0.25, -0.2) is 9.97 Å². The van der Waals surface area contributed by atoms with Gasteiger partial charge in [0.15, 0.2) is 0 Å². The number of unbranched alkanes of at least 4 members (excludes halogenated alkanes) is 1. The Balaban J connectivity index is 1.65. The molecule has 3 rings (SSSR count). The molecule has 3 heteroatoms. The highest BCUT2D eigenvalue weighted by molar-refractivity contribution is 5.61. The van der Waals surface area contributed by atoms with Crippen LogP contribution in [0.3, 0.4) is 0 Å². The van der Waals surface area contributed by atoms with E-state index in [4.69, 9.17) is 5.26 Å². The molecule has 24 heavy (non-hydrogen) atoms. The van der Waals surface area contributed by atoms with Crippen molar-refractivity contribution in [3.8, 4) is 17.2 Å². The minimum absolute atomic E-state index is 0.228. The molecule has 1 aliphatic rings. The van der Waals surface area contributed by atoms with Crippen molar-refractivity contribution in [2.75, 3.05) is 0 Å². The predicted molar refractivity (Wildman–Crippen MR) is 96.4 cm³/mol. The summed E-state index contributed by atoms with van der Waals surface area (Å²) in [5.41, 5.74) is 3.65. The molecule has 0 amide bonds. The zero-order valence-electron chi connectivity index (χ0n) is 14.4. The molecule has 0 bridgehead atoms. The van der Waals surface area contributed by atoms with Crippen LogP contribution in [-0.4, -0.2) is 9.97 Å². The predicted octanol–water partition coefficient (Wildman–Crippen LogP) is 5.28. The normalized spacial score (nSPS) is 20.5. The standard InChI is InChI=1S/C21H25N3/c1-2-3-4-16-5-9-18(10-6-16)20-14-23-21(24-15-20)19-11-7-17(13-22)8-12-19/h5-6,9-10,14-15,17,19H,2-4,7-8,11-12H2,1H3/t17-,19-. The molecule has 3 nitrogen and oxygen atoms in total. The number of aryl methyl sites for hydroxylation is 1. The molecule has 1 aromatic carbocycles. The molecule has 2 aromatic rings. The second-order valence-corrected chi connectivity index (χ2v) is 6.81. The summed E-state index contributed by atoms with van der Waals surface area (Å²) in [5, 5.41) is 9.00. The Bertz CT molecular complexity index is 675. The maximum atomic E-state index is 9.00. The second-order valence-electron chi connectivity index (χ2n) is 6.81. The van der Waals surface area contributed by atoms with Crippen molar-refractivity contribution in [3.05, 3.63) is 48.0 Å². The van der Waals surface area contributed by atoms with Crippen LogP contribution >= 0.6 is 0 Å². The van der Waals surface area contributed by atoms with E-state index in [1.54, 1.807) is 0 Å². The number of hydrogen-bond acceptors (Lipinski definition) is 3. The maximum Gasteiger partial charge on any atom is 0.131 e. The largest absolute Gasteiger partial charge is 0.240 e. The Kier molecular flexibility index (Phi) is 5.59. The molecule has 0 radical (unpaired) electrons. The highest BCUT2D eigenvalue weighted by Crippen LogP contribution is 2.34. The molecule has 1 aromatic heterocycles. The van der Waals surface area contributed by atoms with Gasteiger partial charge in [-0.05, 0) is 49.7 Å². The third-order valence-corrected chi connectivity index (χ3v) is 5.05. The molecule has 1 aliphatic carbocycles. The second kappa shape index (κ2) is 8.06. The van der Waals surface area contributed by atoms with Crippen molar-refractivity contribution in [1.82, 2.24) is 9.97 Å². The minimum Gasteiger partial charge on any atom is -0.240 e. The molecule has 0 spiro atoms. The van der Waals surface area contributed by atoms with Gasteiger partial charge in [-0.1, -0.05) is 37.6 Å². The van der Waals surface area contributed by atoms with Gasteiger partial charge in [0.05, 0.1) is 6.07 Å². The highest BCUT2D eigenvalue weighted by atomic mass is 14.9. The van der Waals surface area contributed by atoms with Crippen LogP contribution in [0.4, 0.5) is 0 Å². The topological polar surface area (TPSA) is 49.6 Å². The first-order valence-corrected chi connectivity index (χ1v) is 9.11. The van der Waals surface area contributed by atoms with Crippen LogP contribution in [0.2, 0.25) is 0 Å². The summed E-state index contributed by atoms with van der Waals surface area (Å²) in [6, 6.07) is 11.1. The molecule has 1 heterocycles. The first-order chi connectivity index (χ1) is 11.8. The fourth-order valence-electron chi connectivity index (χ4n) is 3.42. The average Bonchev–Trinajstić information content (AvgIpc) is 2.67. The van der Waals surface area contributed by atoms with Gasteiger partial charge in [0.25, 0.3) is 0 Å². The van der Waals surface area contributed by atoms with E-state index in [1.807, 2.05) is 12.4 Å². The van der Waals surface area contributed by atoms with E-state index in [9.17, 15) is 0 Å². The fraction of sp³-hybridized carbons (Fsp3) is 0.476. The van der Waals surface area contributed by atoms with Crippen molar-refractivity contribution in [2.24, 2.45) is 5.92 Å². The molecule has 0 aliphatic heterocycles. The maximum absolute atomic E-state index is 9.00. The van der Waals surface area contributed by atoms with E-state index >= 15 is 0 Å². The Hall–Kier alpha value is -2.21.